The monoisotopic (exact) mass is 514 g/mol. The second kappa shape index (κ2) is 10.1. The molecule has 0 aliphatic carbocycles. The normalized spacial score (nSPS) is 17.1. The summed E-state index contributed by atoms with van der Waals surface area (Å²) in [6.45, 7) is 8.46. The van der Waals surface area contributed by atoms with Gasteiger partial charge in [-0.25, -0.2) is 0 Å². The molecule has 9 heteroatoms. The van der Waals surface area contributed by atoms with Gasteiger partial charge in [0.15, 0.2) is 11.8 Å². The average Bonchev–Trinajstić information content (AvgIpc) is 3.34. The van der Waals surface area contributed by atoms with Gasteiger partial charge in [0.1, 0.15) is 5.75 Å². The summed E-state index contributed by atoms with van der Waals surface area (Å²) in [5, 5.41) is 10.8. The Hall–Kier alpha value is -2.04. The number of nitrogens with zero attached hydrogens (tertiary/aromatic N) is 4. The summed E-state index contributed by atoms with van der Waals surface area (Å²) in [5.41, 5.74) is 0.968. The SMILES string of the molecule is CN=C(NCc1noc(C(C)(C)C)n1)NC1CCN(c2ccccc2OC)C1.I. The van der Waals surface area contributed by atoms with Crippen molar-refractivity contribution in [2.45, 2.75) is 45.2 Å². The molecule has 1 aliphatic heterocycles. The molecule has 1 saturated heterocycles. The van der Waals surface area contributed by atoms with Crippen LogP contribution in [0.2, 0.25) is 0 Å². The third-order valence-electron chi connectivity index (χ3n) is 4.70. The Bertz CT molecular complexity index is 817. The van der Waals surface area contributed by atoms with Gasteiger partial charge >= 0.3 is 0 Å². The first-order valence-electron chi connectivity index (χ1n) is 9.59. The Morgan fingerprint density at radius 3 is 2.76 bits per heavy atom. The molecular formula is C20H31IN6O2. The minimum absolute atomic E-state index is 0. The van der Waals surface area contributed by atoms with Gasteiger partial charge in [0.25, 0.3) is 0 Å². The van der Waals surface area contributed by atoms with Gasteiger partial charge in [0.2, 0.25) is 5.89 Å². The van der Waals surface area contributed by atoms with Crippen molar-refractivity contribution in [1.82, 2.24) is 20.8 Å². The van der Waals surface area contributed by atoms with Crippen LogP contribution in [0.25, 0.3) is 0 Å². The van der Waals surface area contributed by atoms with E-state index in [1.54, 1.807) is 14.2 Å². The molecule has 1 aromatic heterocycles. The molecule has 29 heavy (non-hydrogen) atoms. The van der Waals surface area contributed by atoms with E-state index in [-0.39, 0.29) is 29.4 Å². The van der Waals surface area contributed by atoms with Crippen LogP contribution in [0.1, 0.15) is 38.9 Å². The lowest BCUT2D eigenvalue weighted by atomic mass is 9.97. The van der Waals surface area contributed by atoms with E-state index in [1.807, 2.05) is 39.0 Å². The largest absolute Gasteiger partial charge is 0.495 e. The van der Waals surface area contributed by atoms with E-state index in [2.05, 4.69) is 36.7 Å². The van der Waals surface area contributed by atoms with Gasteiger partial charge in [0.05, 0.1) is 19.3 Å². The number of hydrogen-bond donors (Lipinski definition) is 2. The van der Waals surface area contributed by atoms with E-state index < -0.39 is 0 Å². The Kier molecular flexibility index (Phi) is 8.12. The molecule has 3 rings (SSSR count). The number of aromatic nitrogens is 2. The maximum atomic E-state index is 5.49. The highest BCUT2D eigenvalue weighted by atomic mass is 127. The molecule has 2 aromatic rings. The van der Waals surface area contributed by atoms with E-state index in [1.165, 1.54) is 0 Å². The van der Waals surface area contributed by atoms with Crippen LogP contribution in [0, 0.1) is 0 Å². The summed E-state index contributed by atoms with van der Waals surface area (Å²) in [6, 6.07) is 8.41. The van der Waals surface area contributed by atoms with Gasteiger partial charge in [-0.05, 0) is 18.6 Å². The molecule has 1 unspecified atom stereocenters. The van der Waals surface area contributed by atoms with Crippen molar-refractivity contribution in [1.29, 1.82) is 0 Å². The van der Waals surface area contributed by atoms with Crippen molar-refractivity contribution in [2.75, 3.05) is 32.1 Å². The molecule has 0 bridgehead atoms. The number of guanidine groups is 1. The molecule has 160 valence electrons. The number of rotatable bonds is 5. The molecule has 8 nitrogen and oxygen atoms in total. The molecule has 1 aromatic carbocycles. The number of benzene rings is 1. The predicted molar refractivity (Wildman–Crippen MR) is 125 cm³/mol. The summed E-state index contributed by atoms with van der Waals surface area (Å²) < 4.78 is 10.8. The lowest BCUT2D eigenvalue weighted by molar-refractivity contribution is 0.318. The number of methoxy groups -OCH3 is 1. The van der Waals surface area contributed by atoms with Crippen molar-refractivity contribution < 1.29 is 9.26 Å². The quantitative estimate of drug-likeness (QED) is 0.361. The van der Waals surface area contributed by atoms with Crippen LogP contribution in [-0.4, -0.2) is 49.4 Å². The maximum absolute atomic E-state index is 5.49. The topological polar surface area (TPSA) is 87.8 Å². The predicted octanol–water partition coefficient (Wildman–Crippen LogP) is 2.94. The Balaban J connectivity index is 0.00000300. The average molecular weight is 514 g/mol. The Morgan fingerprint density at radius 1 is 1.34 bits per heavy atom. The molecule has 1 atom stereocenters. The van der Waals surface area contributed by atoms with Crippen molar-refractivity contribution in [3.8, 4) is 5.75 Å². The van der Waals surface area contributed by atoms with Crippen molar-refractivity contribution >= 4 is 35.6 Å². The van der Waals surface area contributed by atoms with E-state index in [9.17, 15) is 0 Å². The molecule has 0 spiro atoms. The van der Waals surface area contributed by atoms with Crippen LogP contribution in [0.5, 0.6) is 5.75 Å². The molecule has 0 amide bonds. The third-order valence-corrected chi connectivity index (χ3v) is 4.70. The first kappa shape index (κ1) is 23.2. The number of ether oxygens (including phenoxy) is 1. The molecule has 2 heterocycles. The van der Waals surface area contributed by atoms with Gasteiger partial charge in [-0.1, -0.05) is 38.1 Å². The minimum atomic E-state index is -0.156. The number of hydrogen-bond acceptors (Lipinski definition) is 6. The van der Waals surface area contributed by atoms with Gasteiger partial charge in [-0.2, -0.15) is 4.98 Å². The van der Waals surface area contributed by atoms with Crippen LogP contribution >= 0.6 is 24.0 Å². The van der Waals surface area contributed by atoms with Crippen LogP contribution in [0.15, 0.2) is 33.8 Å². The van der Waals surface area contributed by atoms with E-state index in [0.29, 0.717) is 24.3 Å². The number of halogens is 1. The summed E-state index contributed by atoms with van der Waals surface area (Å²) in [5.74, 6) is 2.89. The van der Waals surface area contributed by atoms with Gasteiger partial charge in [0, 0.05) is 31.6 Å². The fraction of sp³-hybridized carbons (Fsp3) is 0.550. The van der Waals surface area contributed by atoms with Crippen molar-refractivity contribution in [3.63, 3.8) is 0 Å². The molecule has 1 fully saturated rings. The molecular weight excluding hydrogens is 483 g/mol. The second-order valence-corrected chi connectivity index (χ2v) is 7.94. The Labute approximate surface area is 189 Å². The van der Waals surface area contributed by atoms with Crippen LogP contribution in [0.4, 0.5) is 5.69 Å². The number of aliphatic imine (C=N–C) groups is 1. The smallest absolute Gasteiger partial charge is 0.232 e. The van der Waals surface area contributed by atoms with Gasteiger partial charge < -0.3 is 24.8 Å². The fourth-order valence-electron chi connectivity index (χ4n) is 3.17. The van der Waals surface area contributed by atoms with Crippen LogP contribution < -0.4 is 20.3 Å². The minimum Gasteiger partial charge on any atom is -0.495 e. The van der Waals surface area contributed by atoms with Crippen LogP contribution in [-0.2, 0) is 12.0 Å². The second-order valence-electron chi connectivity index (χ2n) is 7.94. The summed E-state index contributed by atoms with van der Waals surface area (Å²) in [7, 11) is 3.47. The number of para-hydroxylation sites is 2. The lowest BCUT2D eigenvalue weighted by Crippen LogP contribution is -2.44. The third kappa shape index (κ3) is 5.97. The van der Waals surface area contributed by atoms with E-state index in [0.717, 1.165) is 36.9 Å². The molecule has 0 saturated carbocycles. The zero-order valence-corrected chi connectivity index (χ0v) is 20.1. The molecule has 0 radical (unpaired) electrons. The lowest BCUT2D eigenvalue weighted by Gasteiger charge is -2.22. The zero-order valence-electron chi connectivity index (χ0n) is 17.7. The highest BCUT2D eigenvalue weighted by Gasteiger charge is 2.25. The zero-order chi connectivity index (χ0) is 20.1. The van der Waals surface area contributed by atoms with Gasteiger partial charge in [-0.15, -0.1) is 24.0 Å². The summed E-state index contributed by atoms with van der Waals surface area (Å²) in [6.07, 6.45) is 1.02. The van der Waals surface area contributed by atoms with E-state index >= 15 is 0 Å². The van der Waals surface area contributed by atoms with Gasteiger partial charge in [-0.3, -0.25) is 4.99 Å². The summed E-state index contributed by atoms with van der Waals surface area (Å²) in [4.78, 5) is 11.1. The van der Waals surface area contributed by atoms with E-state index in [4.69, 9.17) is 9.26 Å². The highest BCUT2D eigenvalue weighted by molar-refractivity contribution is 14.0. The standard InChI is InChI=1S/C20H30N6O2.HI/c1-20(2,3)18-24-17(25-28-18)12-22-19(21-4)23-14-10-11-26(13-14)15-8-6-7-9-16(15)27-5;/h6-9,14H,10-13H2,1-5H3,(H2,21,22,23);1H. The highest BCUT2D eigenvalue weighted by Crippen LogP contribution is 2.30. The fourth-order valence-corrected chi connectivity index (χ4v) is 3.17. The molecule has 1 aliphatic rings. The van der Waals surface area contributed by atoms with Crippen molar-refractivity contribution in [3.05, 3.63) is 36.0 Å². The maximum Gasteiger partial charge on any atom is 0.232 e. The first-order valence-corrected chi connectivity index (χ1v) is 9.59. The Morgan fingerprint density at radius 2 is 2.10 bits per heavy atom. The summed E-state index contributed by atoms with van der Waals surface area (Å²) >= 11 is 0. The number of anilines is 1. The van der Waals surface area contributed by atoms with Crippen LogP contribution in [0.3, 0.4) is 0 Å². The first-order chi connectivity index (χ1) is 13.4. The van der Waals surface area contributed by atoms with Crippen molar-refractivity contribution in [2.24, 2.45) is 4.99 Å². The number of nitrogens with one attached hydrogen (secondary N) is 2. The molecule has 2 N–H and O–H groups in total.